The molecule has 1 aliphatic heterocycles. The van der Waals surface area contributed by atoms with Crippen molar-refractivity contribution in [2.45, 2.75) is 18.8 Å². The molecule has 92 valence electrons. The average Bonchev–Trinajstić information content (AvgIpc) is 2.49. The fourth-order valence-corrected chi connectivity index (χ4v) is 2.34. The molecule has 4 heteroatoms. The van der Waals surface area contributed by atoms with E-state index in [1.165, 1.54) is 12.8 Å². The molecule has 3 rings (SSSR count). The summed E-state index contributed by atoms with van der Waals surface area (Å²) in [4.78, 5) is 13.1. The highest BCUT2D eigenvalue weighted by Gasteiger charge is 2.17. The summed E-state index contributed by atoms with van der Waals surface area (Å²) in [5.41, 5.74) is 2.17. The molecule has 0 radical (unpaired) electrons. The molecule has 0 saturated carbocycles. The smallest absolute Gasteiger partial charge is 0.159 e. The SMILES string of the molecule is c1cc(-c2nccc(C3CCCNC3)n2)ccn1. The molecule has 0 spiro atoms. The van der Waals surface area contributed by atoms with Gasteiger partial charge in [0.1, 0.15) is 0 Å². The van der Waals surface area contributed by atoms with Gasteiger partial charge < -0.3 is 5.32 Å². The summed E-state index contributed by atoms with van der Waals surface area (Å²) in [7, 11) is 0. The molecule has 1 aliphatic rings. The summed E-state index contributed by atoms with van der Waals surface area (Å²) >= 11 is 0. The molecule has 1 unspecified atom stereocenters. The number of rotatable bonds is 2. The molecule has 0 bridgehead atoms. The van der Waals surface area contributed by atoms with Gasteiger partial charge >= 0.3 is 0 Å². The zero-order valence-corrected chi connectivity index (χ0v) is 10.2. The molecule has 0 amide bonds. The van der Waals surface area contributed by atoms with Gasteiger partial charge in [0, 0.05) is 42.3 Å². The Morgan fingerprint density at radius 1 is 1.11 bits per heavy atom. The molecule has 0 aromatic carbocycles. The van der Waals surface area contributed by atoms with Gasteiger partial charge in [-0.05, 0) is 37.6 Å². The van der Waals surface area contributed by atoms with Crippen LogP contribution in [0.3, 0.4) is 0 Å². The summed E-state index contributed by atoms with van der Waals surface area (Å²) in [6, 6.07) is 5.92. The van der Waals surface area contributed by atoms with E-state index in [4.69, 9.17) is 0 Å². The molecule has 2 aromatic heterocycles. The Labute approximate surface area is 107 Å². The van der Waals surface area contributed by atoms with Crippen LogP contribution in [0, 0.1) is 0 Å². The fourth-order valence-electron chi connectivity index (χ4n) is 2.34. The van der Waals surface area contributed by atoms with E-state index in [9.17, 15) is 0 Å². The first-order valence-corrected chi connectivity index (χ1v) is 6.37. The van der Waals surface area contributed by atoms with Gasteiger partial charge in [0.2, 0.25) is 0 Å². The van der Waals surface area contributed by atoms with Crippen LogP contribution in [0.4, 0.5) is 0 Å². The molecule has 3 heterocycles. The maximum absolute atomic E-state index is 4.69. The van der Waals surface area contributed by atoms with Crippen molar-refractivity contribution < 1.29 is 0 Å². The number of hydrogen-bond donors (Lipinski definition) is 1. The molecule has 1 atom stereocenters. The first-order valence-electron chi connectivity index (χ1n) is 6.37. The van der Waals surface area contributed by atoms with Gasteiger partial charge in [0.15, 0.2) is 5.82 Å². The van der Waals surface area contributed by atoms with Gasteiger partial charge in [-0.2, -0.15) is 0 Å². The number of pyridine rings is 1. The van der Waals surface area contributed by atoms with E-state index < -0.39 is 0 Å². The van der Waals surface area contributed by atoms with Crippen molar-refractivity contribution in [2.24, 2.45) is 0 Å². The van der Waals surface area contributed by atoms with Crippen molar-refractivity contribution in [2.75, 3.05) is 13.1 Å². The zero-order valence-electron chi connectivity index (χ0n) is 10.2. The summed E-state index contributed by atoms with van der Waals surface area (Å²) in [5.74, 6) is 1.31. The first kappa shape index (κ1) is 11.3. The minimum atomic E-state index is 0.516. The van der Waals surface area contributed by atoms with Crippen LogP contribution in [0.2, 0.25) is 0 Å². The second kappa shape index (κ2) is 5.23. The van der Waals surface area contributed by atoms with Gasteiger partial charge in [-0.1, -0.05) is 0 Å². The number of piperidine rings is 1. The normalized spacial score (nSPS) is 19.7. The van der Waals surface area contributed by atoms with Gasteiger partial charge in [-0.3, -0.25) is 4.98 Å². The molecule has 1 N–H and O–H groups in total. The average molecular weight is 240 g/mol. The van der Waals surface area contributed by atoms with Crippen LogP contribution >= 0.6 is 0 Å². The lowest BCUT2D eigenvalue weighted by molar-refractivity contribution is 0.454. The van der Waals surface area contributed by atoms with Crippen LogP contribution in [-0.2, 0) is 0 Å². The number of nitrogens with one attached hydrogen (secondary N) is 1. The van der Waals surface area contributed by atoms with Gasteiger partial charge in [-0.25, -0.2) is 9.97 Å². The molecular weight excluding hydrogens is 224 g/mol. The molecule has 1 saturated heterocycles. The second-order valence-electron chi connectivity index (χ2n) is 4.58. The third-order valence-corrected chi connectivity index (χ3v) is 3.33. The lowest BCUT2D eigenvalue weighted by atomic mass is 9.96. The lowest BCUT2D eigenvalue weighted by Gasteiger charge is -2.22. The van der Waals surface area contributed by atoms with Crippen molar-refractivity contribution in [1.82, 2.24) is 20.3 Å². The maximum atomic E-state index is 4.69. The van der Waals surface area contributed by atoms with Crippen LogP contribution in [0.5, 0.6) is 0 Å². The zero-order chi connectivity index (χ0) is 12.2. The highest BCUT2D eigenvalue weighted by atomic mass is 14.9. The topological polar surface area (TPSA) is 50.7 Å². The third-order valence-electron chi connectivity index (χ3n) is 3.33. The number of nitrogens with zero attached hydrogens (tertiary/aromatic N) is 3. The van der Waals surface area contributed by atoms with Crippen LogP contribution < -0.4 is 5.32 Å². The quantitative estimate of drug-likeness (QED) is 0.872. The van der Waals surface area contributed by atoms with Crippen LogP contribution in [0.1, 0.15) is 24.5 Å². The Morgan fingerprint density at radius 2 is 2.00 bits per heavy atom. The molecule has 2 aromatic rings. The van der Waals surface area contributed by atoms with Crippen molar-refractivity contribution in [3.8, 4) is 11.4 Å². The minimum absolute atomic E-state index is 0.516. The largest absolute Gasteiger partial charge is 0.316 e. The van der Waals surface area contributed by atoms with E-state index in [0.717, 1.165) is 30.2 Å². The van der Waals surface area contributed by atoms with Gasteiger partial charge in [-0.15, -0.1) is 0 Å². The summed E-state index contributed by atoms with van der Waals surface area (Å²) < 4.78 is 0. The Hall–Kier alpha value is -1.81. The first-order chi connectivity index (χ1) is 8.93. The van der Waals surface area contributed by atoms with Gasteiger partial charge in [0.05, 0.1) is 0 Å². The fraction of sp³-hybridized carbons (Fsp3) is 0.357. The van der Waals surface area contributed by atoms with Crippen LogP contribution in [0.15, 0.2) is 36.8 Å². The van der Waals surface area contributed by atoms with E-state index in [1.54, 1.807) is 12.4 Å². The molecule has 18 heavy (non-hydrogen) atoms. The third kappa shape index (κ3) is 2.38. The number of aromatic nitrogens is 3. The molecule has 1 fully saturated rings. The molecule has 0 aliphatic carbocycles. The van der Waals surface area contributed by atoms with E-state index in [1.807, 2.05) is 24.4 Å². The van der Waals surface area contributed by atoms with Crippen LogP contribution in [0.25, 0.3) is 11.4 Å². The highest BCUT2D eigenvalue weighted by Crippen LogP contribution is 2.23. The Bertz CT molecular complexity index is 506. The minimum Gasteiger partial charge on any atom is -0.316 e. The van der Waals surface area contributed by atoms with Crippen molar-refractivity contribution in [3.63, 3.8) is 0 Å². The monoisotopic (exact) mass is 240 g/mol. The van der Waals surface area contributed by atoms with Crippen molar-refractivity contribution >= 4 is 0 Å². The summed E-state index contributed by atoms with van der Waals surface area (Å²) in [5, 5.41) is 3.42. The molecule has 4 nitrogen and oxygen atoms in total. The Kier molecular flexibility index (Phi) is 3.28. The Balaban J connectivity index is 1.89. The lowest BCUT2D eigenvalue weighted by Crippen LogP contribution is -2.28. The number of hydrogen-bond acceptors (Lipinski definition) is 4. The predicted octanol–water partition coefficient (Wildman–Crippen LogP) is 2.01. The van der Waals surface area contributed by atoms with Crippen LogP contribution in [-0.4, -0.2) is 28.0 Å². The maximum Gasteiger partial charge on any atom is 0.159 e. The second-order valence-corrected chi connectivity index (χ2v) is 4.58. The van der Waals surface area contributed by atoms with E-state index in [2.05, 4.69) is 20.3 Å². The van der Waals surface area contributed by atoms with E-state index >= 15 is 0 Å². The highest BCUT2D eigenvalue weighted by molar-refractivity contribution is 5.53. The Morgan fingerprint density at radius 3 is 2.78 bits per heavy atom. The predicted molar refractivity (Wildman–Crippen MR) is 70.1 cm³/mol. The summed E-state index contributed by atoms with van der Waals surface area (Å²) in [6.45, 7) is 2.14. The molecular formula is C14H16N4. The van der Waals surface area contributed by atoms with E-state index in [0.29, 0.717) is 5.92 Å². The van der Waals surface area contributed by atoms with Crippen molar-refractivity contribution in [1.29, 1.82) is 0 Å². The van der Waals surface area contributed by atoms with E-state index in [-0.39, 0.29) is 0 Å². The van der Waals surface area contributed by atoms with Crippen molar-refractivity contribution in [3.05, 3.63) is 42.5 Å². The summed E-state index contributed by atoms with van der Waals surface area (Å²) in [6.07, 6.45) is 7.83. The van der Waals surface area contributed by atoms with Gasteiger partial charge in [0.25, 0.3) is 0 Å². The standard InChI is InChI=1S/C14H16N4/c1-2-12(10-16-6-1)13-5-9-17-14(18-13)11-3-7-15-8-4-11/h3-5,7-9,12,16H,1-2,6,10H2.